The zero-order valence-corrected chi connectivity index (χ0v) is 10.2. The van der Waals surface area contributed by atoms with Crippen molar-refractivity contribution < 1.29 is 14.5 Å². The van der Waals surface area contributed by atoms with Crippen LogP contribution in [0.3, 0.4) is 0 Å². The van der Waals surface area contributed by atoms with E-state index >= 15 is 0 Å². The maximum absolute atomic E-state index is 10.8. The van der Waals surface area contributed by atoms with E-state index in [0.717, 1.165) is 13.0 Å². The van der Waals surface area contributed by atoms with Gasteiger partial charge in [0.25, 0.3) is 0 Å². The quantitative estimate of drug-likeness (QED) is 0.271. The van der Waals surface area contributed by atoms with Gasteiger partial charge in [-0.05, 0) is 28.7 Å². The zero-order chi connectivity index (χ0) is 12.3. The summed E-state index contributed by atoms with van der Waals surface area (Å²) in [6, 6.07) is 4.27. The number of nitro benzene ring substituents is 1. The van der Waals surface area contributed by atoms with Crippen molar-refractivity contribution >= 4 is 34.2 Å². The van der Waals surface area contributed by atoms with Crippen LogP contribution in [0, 0.1) is 25.0 Å². The van der Waals surface area contributed by atoms with Gasteiger partial charge < -0.3 is 4.74 Å². The monoisotopic (exact) mass is 332 g/mol. The molecule has 0 aromatic heterocycles. The Morgan fingerprint density at radius 1 is 1.62 bits per heavy atom. The molecule has 0 aliphatic heterocycles. The molecule has 0 aliphatic rings. The van der Waals surface area contributed by atoms with E-state index in [4.69, 9.17) is 10.00 Å². The van der Waals surface area contributed by atoms with Gasteiger partial charge in [-0.25, -0.2) is 0 Å². The average molecular weight is 332 g/mol. The molecule has 0 spiro atoms. The Hall–Kier alpha value is -1.69. The van der Waals surface area contributed by atoms with Gasteiger partial charge in [-0.1, -0.05) is 0 Å². The summed E-state index contributed by atoms with van der Waals surface area (Å²) in [6.45, 7) is 1.15. The minimum absolute atomic E-state index is 0.128. The largest absolute Gasteiger partial charge is 0.418 e. The first-order valence-corrected chi connectivity index (χ1v) is 5.10. The SMILES string of the molecule is CC(=O)Oc1c(I)cc(C#N)cc1[N+](=O)[O-]. The van der Waals surface area contributed by atoms with Crippen molar-refractivity contribution in [2.24, 2.45) is 0 Å². The smallest absolute Gasteiger partial charge is 0.314 e. The number of nitriles is 1. The van der Waals surface area contributed by atoms with Crippen molar-refractivity contribution in [3.8, 4) is 11.8 Å². The fourth-order valence-corrected chi connectivity index (χ4v) is 1.75. The van der Waals surface area contributed by atoms with Crippen LogP contribution in [0.4, 0.5) is 5.69 Å². The van der Waals surface area contributed by atoms with Crippen LogP contribution in [0.25, 0.3) is 0 Å². The van der Waals surface area contributed by atoms with E-state index in [1.807, 2.05) is 0 Å². The number of halogens is 1. The molecule has 0 aliphatic carbocycles. The van der Waals surface area contributed by atoms with E-state index in [1.54, 1.807) is 28.7 Å². The van der Waals surface area contributed by atoms with Crippen LogP contribution in [0.15, 0.2) is 12.1 Å². The lowest BCUT2D eigenvalue weighted by atomic mass is 10.2. The molecule has 0 fully saturated rings. The zero-order valence-electron chi connectivity index (χ0n) is 8.06. The summed E-state index contributed by atoms with van der Waals surface area (Å²) in [5, 5.41) is 19.4. The van der Waals surface area contributed by atoms with E-state index in [9.17, 15) is 14.9 Å². The van der Waals surface area contributed by atoms with Gasteiger partial charge in [-0.15, -0.1) is 0 Å². The molecule has 0 saturated carbocycles. The van der Waals surface area contributed by atoms with Crippen LogP contribution < -0.4 is 4.74 Å². The highest BCUT2D eigenvalue weighted by atomic mass is 127. The lowest BCUT2D eigenvalue weighted by molar-refractivity contribution is -0.385. The molecule has 0 atom stereocenters. The third kappa shape index (κ3) is 2.66. The molecule has 0 saturated heterocycles. The molecule has 0 bridgehead atoms. The van der Waals surface area contributed by atoms with Gasteiger partial charge in [0.1, 0.15) is 0 Å². The third-order valence-electron chi connectivity index (χ3n) is 1.60. The van der Waals surface area contributed by atoms with Gasteiger partial charge in [-0.2, -0.15) is 5.26 Å². The average Bonchev–Trinajstić information content (AvgIpc) is 2.19. The van der Waals surface area contributed by atoms with Crippen LogP contribution in [-0.4, -0.2) is 10.9 Å². The molecule has 1 aromatic carbocycles. The van der Waals surface area contributed by atoms with Gasteiger partial charge in [0.05, 0.1) is 20.1 Å². The Morgan fingerprint density at radius 3 is 2.69 bits per heavy atom. The predicted octanol–water partition coefficient (Wildman–Crippen LogP) is 2.00. The van der Waals surface area contributed by atoms with E-state index < -0.39 is 16.6 Å². The number of esters is 1. The van der Waals surface area contributed by atoms with Crippen molar-refractivity contribution in [2.75, 3.05) is 0 Å². The highest BCUT2D eigenvalue weighted by molar-refractivity contribution is 14.1. The number of nitrogens with zero attached hydrogens (tertiary/aromatic N) is 2. The molecular weight excluding hydrogens is 327 g/mol. The van der Waals surface area contributed by atoms with Crippen molar-refractivity contribution in [2.45, 2.75) is 6.92 Å². The standard InChI is InChI=1S/C9H5IN2O4/c1-5(13)16-9-7(10)2-6(4-11)3-8(9)12(14)15/h2-3H,1H3. The molecule has 82 valence electrons. The first kappa shape index (κ1) is 12.4. The normalized spacial score (nSPS) is 9.31. The maximum Gasteiger partial charge on any atom is 0.314 e. The Balaban J connectivity index is 3.41. The summed E-state index contributed by atoms with van der Waals surface area (Å²) in [4.78, 5) is 20.8. The predicted molar refractivity (Wildman–Crippen MR) is 61.8 cm³/mol. The highest BCUT2D eigenvalue weighted by Gasteiger charge is 2.21. The van der Waals surface area contributed by atoms with Crippen LogP contribution in [0.1, 0.15) is 12.5 Å². The van der Waals surface area contributed by atoms with E-state index in [-0.39, 0.29) is 11.3 Å². The molecule has 1 rings (SSSR count). The topological polar surface area (TPSA) is 93.2 Å². The highest BCUT2D eigenvalue weighted by Crippen LogP contribution is 2.33. The maximum atomic E-state index is 10.8. The molecule has 0 unspecified atom stereocenters. The summed E-state index contributed by atoms with van der Waals surface area (Å²) in [5.41, 5.74) is -0.245. The number of ether oxygens (including phenoxy) is 1. The molecular formula is C9H5IN2O4. The molecule has 7 heteroatoms. The van der Waals surface area contributed by atoms with Gasteiger partial charge in [0.15, 0.2) is 0 Å². The van der Waals surface area contributed by atoms with E-state index in [0.29, 0.717) is 3.57 Å². The second-order valence-corrected chi connectivity index (χ2v) is 3.93. The molecule has 0 heterocycles. The summed E-state index contributed by atoms with van der Waals surface area (Å²) in [7, 11) is 0. The minimum Gasteiger partial charge on any atom is -0.418 e. The molecule has 6 nitrogen and oxygen atoms in total. The Labute approximate surface area is 104 Å². The number of carbonyl (C=O) groups is 1. The van der Waals surface area contributed by atoms with Crippen LogP contribution in [0.2, 0.25) is 0 Å². The Kier molecular flexibility index (Phi) is 3.78. The first-order chi connectivity index (χ1) is 7.45. The summed E-state index contributed by atoms with van der Waals surface area (Å²) in [5.74, 6) is -0.775. The lowest BCUT2D eigenvalue weighted by Gasteiger charge is -2.05. The number of rotatable bonds is 2. The van der Waals surface area contributed by atoms with Crippen molar-refractivity contribution in [3.63, 3.8) is 0 Å². The van der Waals surface area contributed by atoms with Crippen LogP contribution in [-0.2, 0) is 4.79 Å². The van der Waals surface area contributed by atoms with E-state index in [2.05, 4.69) is 0 Å². The first-order valence-electron chi connectivity index (χ1n) is 4.02. The number of carbonyl (C=O) groups excluding carboxylic acids is 1. The van der Waals surface area contributed by atoms with Gasteiger partial charge >= 0.3 is 11.7 Å². The Morgan fingerprint density at radius 2 is 2.25 bits per heavy atom. The summed E-state index contributed by atoms with van der Waals surface area (Å²) < 4.78 is 5.09. The minimum atomic E-state index is -0.693. The van der Waals surface area contributed by atoms with Crippen molar-refractivity contribution in [3.05, 3.63) is 31.4 Å². The molecule has 0 amide bonds. The van der Waals surface area contributed by atoms with Gasteiger partial charge in [0.2, 0.25) is 5.75 Å². The molecule has 1 aromatic rings. The second-order valence-electron chi connectivity index (χ2n) is 2.77. The molecule has 16 heavy (non-hydrogen) atoms. The lowest BCUT2D eigenvalue weighted by Crippen LogP contribution is -2.06. The van der Waals surface area contributed by atoms with Gasteiger partial charge in [0, 0.05) is 13.0 Å². The number of hydrogen-bond acceptors (Lipinski definition) is 5. The van der Waals surface area contributed by atoms with Crippen LogP contribution in [0.5, 0.6) is 5.75 Å². The van der Waals surface area contributed by atoms with Crippen LogP contribution >= 0.6 is 22.6 Å². The van der Waals surface area contributed by atoms with Gasteiger partial charge in [-0.3, -0.25) is 14.9 Å². The number of hydrogen-bond donors (Lipinski definition) is 0. The molecule has 0 radical (unpaired) electrons. The fourth-order valence-electron chi connectivity index (χ4n) is 1.02. The summed E-state index contributed by atoms with van der Waals surface area (Å²) in [6.07, 6.45) is 0. The second kappa shape index (κ2) is 4.89. The van der Waals surface area contributed by atoms with Crippen molar-refractivity contribution in [1.29, 1.82) is 5.26 Å². The number of benzene rings is 1. The molecule has 0 N–H and O–H groups in total. The third-order valence-corrected chi connectivity index (χ3v) is 2.40. The van der Waals surface area contributed by atoms with Crippen molar-refractivity contribution in [1.82, 2.24) is 0 Å². The summed E-state index contributed by atoms with van der Waals surface area (Å²) >= 11 is 1.77. The fraction of sp³-hybridized carbons (Fsp3) is 0.111. The number of nitro groups is 1. The van der Waals surface area contributed by atoms with E-state index in [1.165, 1.54) is 6.07 Å². The Bertz CT molecular complexity index is 507.